The van der Waals surface area contributed by atoms with Gasteiger partial charge >= 0.3 is 5.69 Å². The molecule has 2 amide bonds. The van der Waals surface area contributed by atoms with Gasteiger partial charge in [0.1, 0.15) is 0 Å². The zero-order chi connectivity index (χ0) is 23.4. The number of amides is 2. The normalized spacial score (nSPS) is 11.2. The number of nitrogens with zero attached hydrogens (tertiary/aromatic N) is 4. The van der Waals surface area contributed by atoms with E-state index in [1.54, 1.807) is 17.7 Å². The van der Waals surface area contributed by atoms with Crippen molar-refractivity contribution in [2.75, 3.05) is 5.32 Å². The maximum Gasteiger partial charge on any atom is 0.332 e. The van der Waals surface area contributed by atoms with Crippen LogP contribution < -0.4 is 21.9 Å². The second-order valence-corrected chi connectivity index (χ2v) is 8.04. The number of anilines is 1. The minimum absolute atomic E-state index is 0.0619. The number of fused-ring (bicyclic) bond motifs is 1. The van der Waals surface area contributed by atoms with E-state index in [2.05, 4.69) is 15.6 Å². The highest BCUT2D eigenvalue weighted by atomic mass is 16.2. The largest absolute Gasteiger partial charge is 0.352 e. The minimum atomic E-state index is -0.431. The van der Waals surface area contributed by atoms with Gasteiger partial charge in [-0.15, -0.1) is 0 Å². The first-order valence-electron chi connectivity index (χ1n) is 10.5. The third kappa shape index (κ3) is 4.96. The highest BCUT2D eigenvalue weighted by Gasteiger charge is 2.14. The second-order valence-electron chi connectivity index (χ2n) is 8.04. The molecule has 1 aromatic carbocycles. The molecule has 32 heavy (non-hydrogen) atoms. The number of hydrogen-bond donors (Lipinski definition) is 2. The molecular weight excluding hydrogens is 412 g/mol. The number of nitrogens with one attached hydrogen (secondary N) is 2. The monoisotopic (exact) mass is 440 g/mol. The molecule has 0 saturated carbocycles. The molecule has 10 nitrogen and oxygen atoms in total. The van der Waals surface area contributed by atoms with Gasteiger partial charge in [0.05, 0.1) is 6.33 Å². The molecule has 0 unspecified atom stereocenters. The number of benzene rings is 1. The molecule has 2 aromatic heterocycles. The maximum absolute atomic E-state index is 12.5. The first-order chi connectivity index (χ1) is 15.2. The Kier molecular flexibility index (Phi) is 6.92. The molecule has 0 aliphatic rings. The van der Waals surface area contributed by atoms with Crippen molar-refractivity contribution in [3.05, 3.63) is 57.0 Å². The molecule has 0 aliphatic carbocycles. The van der Waals surface area contributed by atoms with Gasteiger partial charge in [-0.05, 0) is 24.1 Å². The topological polar surface area (TPSA) is 120 Å². The van der Waals surface area contributed by atoms with Gasteiger partial charge in [0, 0.05) is 45.2 Å². The number of carbonyl (C=O) groups is 2. The average molecular weight is 441 g/mol. The van der Waals surface area contributed by atoms with Crippen molar-refractivity contribution in [1.82, 2.24) is 24.0 Å². The van der Waals surface area contributed by atoms with Crippen molar-refractivity contribution < 1.29 is 9.59 Å². The molecule has 2 N–H and O–H groups in total. The molecule has 0 fully saturated rings. The maximum atomic E-state index is 12.5. The Bertz CT molecular complexity index is 1270. The van der Waals surface area contributed by atoms with E-state index in [0.29, 0.717) is 36.4 Å². The Morgan fingerprint density at radius 2 is 1.88 bits per heavy atom. The molecule has 10 heteroatoms. The lowest BCUT2D eigenvalue weighted by atomic mass is 10.1. The second kappa shape index (κ2) is 9.63. The Morgan fingerprint density at radius 3 is 2.59 bits per heavy atom. The van der Waals surface area contributed by atoms with E-state index in [-0.39, 0.29) is 24.2 Å². The predicted molar refractivity (Wildman–Crippen MR) is 121 cm³/mol. The van der Waals surface area contributed by atoms with Crippen LogP contribution in [0.3, 0.4) is 0 Å². The fraction of sp³-hybridized carbons (Fsp3) is 0.409. The molecular formula is C22H28N6O4. The number of aromatic nitrogens is 4. The summed E-state index contributed by atoms with van der Waals surface area (Å²) in [6.07, 6.45) is 2.30. The number of imidazole rings is 1. The van der Waals surface area contributed by atoms with Crippen molar-refractivity contribution >= 4 is 28.7 Å². The van der Waals surface area contributed by atoms with Crippen molar-refractivity contribution in [3.8, 4) is 0 Å². The van der Waals surface area contributed by atoms with E-state index in [1.165, 1.54) is 17.9 Å². The van der Waals surface area contributed by atoms with Crippen LogP contribution in [0.25, 0.3) is 11.2 Å². The lowest BCUT2D eigenvalue weighted by molar-refractivity contribution is -0.121. The van der Waals surface area contributed by atoms with Crippen LogP contribution in [0.15, 0.2) is 40.2 Å². The molecule has 0 aliphatic heterocycles. The lowest BCUT2D eigenvalue weighted by Crippen LogP contribution is -2.37. The fourth-order valence-electron chi connectivity index (χ4n) is 3.31. The van der Waals surface area contributed by atoms with Crippen LogP contribution in [0.4, 0.5) is 5.69 Å². The summed E-state index contributed by atoms with van der Waals surface area (Å²) in [6, 6.07) is 7.34. The molecule has 2 heterocycles. The van der Waals surface area contributed by atoms with Crippen molar-refractivity contribution in [3.63, 3.8) is 0 Å². The predicted octanol–water partition coefficient (Wildman–Crippen LogP) is 1.12. The summed E-state index contributed by atoms with van der Waals surface area (Å²) in [5.74, 6) is -0.296. The van der Waals surface area contributed by atoms with Crippen LogP contribution in [-0.2, 0) is 36.8 Å². The molecule has 0 saturated heterocycles. The van der Waals surface area contributed by atoms with E-state index in [9.17, 15) is 19.2 Å². The molecule has 0 atom stereocenters. The molecule has 3 rings (SSSR count). The van der Waals surface area contributed by atoms with Crippen LogP contribution in [0.2, 0.25) is 0 Å². The summed E-state index contributed by atoms with van der Waals surface area (Å²) in [5.41, 5.74) is 1.40. The minimum Gasteiger partial charge on any atom is -0.352 e. The Balaban J connectivity index is 1.55. The fourth-order valence-corrected chi connectivity index (χ4v) is 3.31. The first kappa shape index (κ1) is 23.0. The zero-order valence-electron chi connectivity index (χ0n) is 18.7. The highest BCUT2D eigenvalue weighted by molar-refractivity contribution is 5.92. The van der Waals surface area contributed by atoms with Gasteiger partial charge in [0.2, 0.25) is 11.8 Å². The number of aryl methyl sites for hydroxylation is 2. The highest BCUT2D eigenvalue weighted by Crippen LogP contribution is 2.12. The molecule has 170 valence electrons. The Morgan fingerprint density at radius 1 is 1.12 bits per heavy atom. The van der Waals surface area contributed by atoms with Gasteiger partial charge in [-0.25, -0.2) is 9.78 Å². The summed E-state index contributed by atoms with van der Waals surface area (Å²) in [4.78, 5) is 52.7. The van der Waals surface area contributed by atoms with Crippen LogP contribution >= 0.6 is 0 Å². The van der Waals surface area contributed by atoms with Crippen molar-refractivity contribution in [1.29, 1.82) is 0 Å². The van der Waals surface area contributed by atoms with E-state index < -0.39 is 11.2 Å². The van der Waals surface area contributed by atoms with Gasteiger partial charge in [-0.1, -0.05) is 26.0 Å². The van der Waals surface area contributed by atoms with Crippen LogP contribution in [0.5, 0.6) is 0 Å². The van der Waals surface area contributed by atoms with Crippen LogP contribution in [-0.4, -0.2) is 30.5 Å². The first-order valence-corrected chi connectivity index (χ1v) is 10.5. The summed E-state index contributed by atoms with van der Waals surface area (Å²) in [5, 5.41) is 5.71. The van der Waals surface area contributed by atoms with E-state index >= 15 is 0 Å². The number of hydrogen-bond acceptors (Lipinski definition) is 5. The average Bonchev–Trinajstić information content (AvgIpc) is 3.19. The number of carbonyl (C=O) groups excluding carboxylic acids is 2. The Hall–Kier alpha value is -3.69. The van der Waals surface area contributed by atoms with Crippen molar-refractivity contribution in [2.24, 2.45) is 20.0 Å². The third-order valence-corrected chi connectivity index (χ3v) is 5.23. The number of rotatable bonds is 8. The van der Waals surface area contributed by atoms with Gasteiger partial charge in [-0.2, -0.15) is 0 Å². The van der Waals surface area contributed by atoms with E-state index in [4.69, 9.17) is 0 Å². The van der Waals surface area contributed by atoms with Gasteiger partial charge in [0.25, 0.3) is 5.56 Å². The summed E-state index contributed by atoms with van der Waals surface area (Å²) in [6.45, 7) is 4.42. The standard InChI is InChI=1S/C22H28N6O4/c1-14(2)20(30)25-16-8-5-7-15(11-16)12-23-17(29)9-6-10-28-13-24-19-18(28)21(31)27(4)22(32)26(19)3/h5,7-8,11,13-14H,6,9-10,12H2,1-4H3,(H,23,29)(H,25,30). The zero-order valence-corrected chi connectivity index (χ0v) is 18.7. The molecule has 0 spiro atoms. The van der Waals surface area contributed by atoms with Gasteiger partial charge in [0.15, 0.2) is 11.2 Å². The van der Waals surface area contributed by atoms with Gasteiger partial charge < -0.3 is 15.2 Å². The van der Waals surface area contributed by atoms with E-state index in [0.717, 1.165) is 10.1 Å². The van der Waals surface area contributed by atoms with Gasteiger partial charge in [-0.3, -0.25) is 23.5 Å². The summed E-state index contributed by atoms with van der Waals surface area (Å²) >= 11 is 0. The Labute approximate surface area is 184 Å². The van der Waals surface area contributed by atoms with Crippen LogP contribution in [0, 0.1) is 5.92 Å². The summed E-state index contributed by atoms with van der Waals surface area (Å²) < 4.78 is 4.05. The molecule has 3 aromatic rings. The van der Waals surface area contributed by atoms with Crippen molar-refractivity contribution in [2.45, 2.75) is 39.8 Å². The smallest absolute Gasteiger partial charge is 0.332 e. The third-order valence-electron chi connectivity index (χ3n) is 5.23. The van der Waals surface area contributed by atoms with E-state index in [1.807, 2.05) is 32.0 Å². The lowest BCUT2D eigenvalue weighted by Gasteiger charge is -2.10. The molecule has 0 bridgehead atoms. The summed E-state index contributed by atoms with van der Waals surface area (Å²) in [7, 11) is 3.00. The van der Waals surface area contributed by atoms with Crippen LogP contribution in [0.1, 0.15) is 32.3 Å². The SMILES string of the molecule is CC(C)C(=O)Nc1cccc(CNC(=O)CCCn2cnc3c2c(=O)n(C)c(=O)n3C)c1. The quantitative estimate of drug-likeness (QED) is 0.544. The molecule has 0 radical (unpaired) electrons.